The zero-order valence-electron chi connectivity index (χ0n) is 12.6. The van der Waals surface area contributed by atoms with Gasteiger partial charge in [0, 0.05) is 31.7 Å². The van der Waals surface area contributed by atoms with Crippen LogP contribution in [0.1, 0.15) is 40.0 Å². The Morgan fingerprint density at radius 2 is 2.11 bits per heavy atom. The Labute approximate surface area is 117 Å². The second-order valence-corrected chi connectivity index (χ2v) is 6.46. The van der Waals surface area contributed by atoms with Gasteiger partial charge >= 0.3 is 0 Å². The number of carbonyl (C=O) groups excluding carboxylic acids is 1. The number of carbonyl (C=O) groups is 1. The highest BCUT2D eigenvalue weighted by Gasteiger charge is 2.29. The Hall–Kier alpha value is -0.610. The molecule has 0 aromatic carbocycles. The summed E-state index contributed by atoms with van der Waals surface area (Å²) >= 11 is 0. The molecule has 4 heteroatoms. The Morgan fingerprint density at radius 3 is 2.84 bits per heavy atom. The summed E-state index contributed by atoms with van der Waals surface area (Å²) in [5, 5.41) is 6.62. The van der Waals surface area contributed by atoms with Crippen LogP contribution in [0.3, 0.4) is 0 Å². The van der Waals surface area contributed by atoms with Crippen LogP contribution in [0.2, 0.25) is 0 Å². The van der Waals surface area contributed by atoms with E-state index in [2.05, 4.69) is 36.3 Å². The van der Waals surface area contributed by atoms with Crippen molar-refractivity contribution in [2.45, 2.75) is 52.1 Å². The SMILES string of the molecule is CC1CCCC(NC(=O)CN2CCNC[C@H]2C)C1C. The molecule has 1 amide bonds. The lowest BCUT2D eigenvalue weighted by Crippen LogP contribution is -2.54. The number of amides is 1. The number of piperazine rings is 1. The average molecular weight is 267 g/mol. The van der Waals surface area contributed by atoms with Crippen LogP contribution in [-0.4, -0.2) is 49.1 Å². The number of rotatable bonds is 3. The van der Waals surface area contributed by atoms with E-state index >= 15 is 0 Å². The van der Waals surface area contributed by atoms with E-state index in [0.717, 1.165) is 32.0 Å². The van der Waals surface area contributed by atoms with Crippen molar-refractivity contribution >= 4 is 5.91 Å². The Kier molecular flexibility index (Phi) is 5.22. The van der Waals surface area contributed by atoms with Crippen molar-refractivity contribution in [1.82, 2.24) is 15.5 Å². The van der Waals surface area contributed by atoms with E-state index in [-0.39, 0.29) is 5.91 Å². The monoisotopic (exact) mass is 267 g/mol. The van der Waals surface area contributed by atoms with Gasteiger partial charge in [-0.2, -0.15) is 0 Å². The van der Waals surface area contributed by atoms with Gasteiger partial charge in [0.15, 0.2) is 0 Å². The lowest BCUT2D eigenvalue weighted by Gasteiger charge is -2.36. The number of hydrogen-bond donors (Lipinski definition) is 2. The first-order valence-electron chi connectivity index (χ1n) is 7.82. The Bertz CT molecular complexity index is 308. The van der Waals surface area contributed by atoms with Gasteiger partial charge in [-0.1, -0.05) is 26.7 Å². The van der Waals surface area contributed by atoms with Gasteiger partial charge in [0.2, 0.25) is 5.91 Å². The van der Waals surface area contributed by atoms with E-state index in [0.29, 0.717) is 24.5 Å². The molecule has 19 heavy (non-hydrogen) atoms. The normalized spacial score (nSPS) is 37.0. The minimum atomic E-state index is 0.208. The van der Waals surface area contributed by atoms with Crippen LogP contribution >= 0.6 is 0 Å². The third kappa shape index (κ3) is 3.93. The summed E-state index contributed by atoms with van der Waals surface area (Å²) < 4.78 is 0. The number of hydrogen-bond acceptors (Lipinski definition) is 3. The lowest BCUT2D eigenvalue weighted by atomic mass is 9.78. The van der Waals surface area contributed by atoms with E-state index in [9.17, 15) is 4.79 Å². The van der Waals surface area contributed by atoms with Gasteiger partial charge in [-0.05, 0) is 25.2 Å². The quantitative estimate of drug-likeness (QED) is 0.808. The molecule has 1 aliphatic carbocycles. The molecule has 0 spiro atoms. The van der Waals surface area contributed by atoms with Crippen LogP contribution in [0.4, 0.5) is 0 Å². The summed E-state index contributed by atoms with van der Waals surface area (Å²) in [6.45, 7) is 10.3. The van der Waals surface area contributed by atoms with Gasteiger partial charge in [0.05, 0.1) is 6.54 Å². The van der Waals surface area contributed by atoms with Crippen LogP contribution in [0.5, 0.6) is 0 Å². The molecule has 2 N–H and O–H groups in total. The minimum Gasteiger partial charge on any atom is -0.352 e. The zero-order valence-corrected chi connectivity index (χ0v) is 12.6. The van der Waals surface area contributed by atoms with E-state index < -0.39 is 0 Å². The third-order valence-electron chi connectivity index (χ3n) is 5.04. The molecule has 110 valence electrons. The van der Waals surface area contributed by atoms with Crippen molar-refractivity contribution < 1.29 is 4.79 Å². The van der Waals surface area contributed by atoms with Crippen LogP contribution in [0.25, 0.3) is 0 Å². The molecule has 4 nitrogen and oxygen atoms in total. The predicted molar refractivity (Wildman–Crippen MR) is 78.0 cm³/mol. The maximum absolute atomic E-state index is 12.2. The standard InChI is InChI=1S/C15H29N3O/c1-11-5-4-6-14(13(11)3)17-15(19)10-18-8-7-16-9-12(18)2/h11-14,16H,4-10H2,1-3H3,(H,17,19)/t11?,12-,13?,14?/m1/s1. The Balaban J connectivity index is 1.80. The smallest absolute Gasteiger partial charge is 0.234 e. The Morgan fingerprint density at radius 1 is 1.32 bits per heavy atom. The van der Waals surface area contributed by atoms with Crippen LogP contribution < -0.4 is 10.6 Å². The first-order chi connectivity index (χ1) is 9.08. The van der Waals surface area contributed by atoms with Gasteiger partial charge in [-0.15, -0.1) is 0 Å². The highest BCUT2D eigenvalue weighted by atomic mass is 16.2. The molecule has 2 aliphatic rings. The summed E-state index contributed by atoms with van der Waals surface area (Å²) in [6, 6.07) is 0.844. The molecule has 0 bridgehead atoms. The molecule has 4 atom stereocenters. The maximum atomic E-state index is 12.2. The van der Waals surface area contributed by atoms with Crippen molar-refractivity contribution in [3.63, 3.8) is 0 Å². The summed E-state index contributed by atoms with van der Waals surface area (Å²) in [7, 11) is 0. The van der Waals surface area contributed by atoms with Crippen LogP contribution in [-0.2, 0) is 4.79 Å². The third-order valence-corrected chi connectivity index (χ3v) is 5.04. The molecular formula is C15H29N3O. The fourth-order valence-electron chi connectivity index (χ4n) is 3.34. The average Bonchev–Trinajstić information content (AvgIpc) is 2.38. The van der Waals surface area contributed by atoms with Crippen molar-refractivity contribution in [1.29, 1.82) is 0 Å². The largest absolute Gasteiger partial charge is 0.352 e. The number of nitrogens with zero attached hydrogens (tertiary/aromatic N) is 1. The summed E-state index contributed by atoms with van der Waals surface area (Å²) in [5.74, 6) is 1.55. The summed E-state index contributed by atoms with van der Waals surface area (Å²) in [6.07, 6.45) is 3.71. The first-order valence-corrected chi connectivity index (χ1v) is 7.82. The molecular weight excluding hydrogens is 238 g/mol. The van der Waals surface area contributed by atoms with Crippen molar-refractivity contribution in [3.05, 3.63) is 0 Å². The molecule has 0 aromatic heterocycles. The van der Waals surface area contributed by atoms with E-state index in [1.165, 1.54) is 12.8 Å². The topological polar surface area (TPSA) is 44.4 Å². The van der Waals surface area contributed by atoms with Gasteiger partial charge in [0.1, 0.15) is 0 Å². The van der Waals surface area contributed by atoms with Crippen LogP contribution in [0.15, 0.2) is 0 Å². The molecule has 0 aromatic rings. The molecule has 1 aliphatic heterocycles. The summed E-state index contributed by atoms with van der Waals surface area (Å²) in [4.78, 5) is 14.5. The predicted octanol–water partition coefficient (Wildman–Crippen LogP) is 1.22. The van der Waals surface area contributed by atoms with E-state index in [4.69, 9.17) is 0 Å². The maximum Gasteiger partial charge on any atom is 0.234 e. The summed E-state index contributed by atoms with van der Waals surface area (Å²) in [5.41, 5.74) is 0. The van der Waals surface area contributed by atoms with Crippen molar-refractivity contribution in [2.75, 3.05) is 26.2 Å². The number of nitrogens with one attached hydrogen (secondary N) is 2. The molecule has 1 heterocycles. The zero-order chi connectivity index (χ0) is 13.8. The molecule has 1 saturated heterocycles. The lowest BCUT2D eigenvalue weighted by molar-refractivity contribution is -0.124. The highest BCUT2D eigenvalue weighted by molar-refractivity contribution is 5.78. The van der Waals surface area contributed by atoms with Gasteiger partial charge in [-0.25, -0.2) is 0 Å². The molecule has 3 unspecified atom stereocenters. The fraction of sp³-hybridized carbons (Fsp3) is 0.933. The van der Waals surface area contributed by atoms with E-state index in [1.807, 2.05) is 0 Å². The van der Waals surface area contributed by atoms with Crippen molar-refractivity contribution in [3.8, 4) is 0 Å². The fourth-order valence-corrected chi connectivity index (χ4v) is 3.34. The van der Waals surface area contributed by atoms with Crippen molar-refractivity contribution in [2.24, 2.45) is 11.8 Å². The highest BCUT2D eigenvalue weighted by Crippen LogP contribution is 2.29. The van der Waals surface area contributed by atoms with Gasteiger partial charge < -0.3 is 10.6 Å². The molecule has 0 radical (unpaired) electrons. The molecule has 1 saturated carbocycles. The van der Waals surface area contributed by atoms with Gasteiger partial charge in [-0.3, -0.25) is 9.69 Å². The molecule has 2 fully saturated rings. The second kappa shape index (κ2) is 6.71. The minimum absolute atomic E-state index is 0.208. The second-order valence-electron chi connectivity index (χ2n) is 6.46. The van der Waals surface area contributed by atoms with Gasteiger partial charge in [0.25, 0.3) is 0 Å². The van der Waals surface area contributed by atoms with Crippen LogP contribution in [0, 0.1) is 11.8 Å². The molecule has 2 rings (SSSR count). The first kappa shape index (κ1) is 14.8. The van der Waals surface area contributed by atoms with E-state index in [1.54, 1.807) is 0 Å².